The first kappa shape index (κ1) is 29.8. The quantitative estimate of drug-likeness (QED) is 0.169. The monoisotopic (exact) mass is 598 g/mol. The number of hydrogen-bond acceptors (Lipinski definition) is 11. The fourth-order valence-electron chi connectivity index (χ4n) is 9.23. The largest absolute Gasteiger partial charge is 0.472 e. The zero-order chi connectivity index (χ0) is 31.5. The van der Waals surface area contributed by atoms with E-state index in [1.165, 1.54) is 12.5 Å². The Morgan fingerprint density at radius 3 is 2.49 bits per heavy atom. The van der Waals surface area contributed by atoms with Gasteiger partial charge in [0.05, 0.1) is 31.5 Å². The number of furan rings is 1. The van der Waals surface area contributed by atoms with E-state index in [0.717, 1.165) is 7.11 Å². The van der Waals surface area contributed by atoms with Crippen molar-refractivity contribution in [2.24, 2.45) is 28.1 Å². The average Bonchev–Trinajstić information content (AvgIpc) is 3.45. The highest BCUT2D eigenvalue weighted by Gasteiger charge is 2.89. The van der Waals surface area contributed by atoms with E-state index in [0.29, 0.717) is 17.6 Å². The van der Waals surface area contributed by atoms with Gasteiger partial charge in [-0.15, -0.1) is 0 Å². The maximum atomic E-state index is 14.7. The molecule has 5 aliphatic rings. The van der Waals surface area contributed by atoms with Crippen molar-refractivity contribution >= 4 is 23.7 Å². The number of ketones is 1. The van der Waals surface area contributed by atoms with Gasteiger partial charge in [0.15, 0.2) is 17.5 Å². The van der Waals surface area contributed by atoms with Gasteiger partial charge in [-0.3, -0.25) is 9.59 Å². The number of methoxy groups -OCH3 is 1. The van der Waals surface area contributed by atoms with E-state index in [-0.39, 0.29) is 12.0 Å². The average molecular weight is 599 g/mol. The molecular weight excluding hydrogens is 560 g/mol. The van der Waals surface area contributed by atoms with E-state index in [1.54, 1.807) is 46.8 Å². The number of carbonyl (C=O) groups excluding carboxylic acids is 4. The lowest BCUT2D eigenvalue weighted by Gasteiger charge is -2.64. The summed E-state index contributed by atoms with van der Waals surface area (Å²) in [7, 11) is 1.13. The molecule has 2 saturated heterocycles. The maximum absolute atomic E-state index is 14.7. The van der Waals surface area contributed by atoms with Crippen LogP contribution < -0.4 is 0 Å². The zero-order valence-corrected chi connectivity index (χ0v) is 25.3. The Morgan fingerprint density at radius 1 is 1.19 bits per heavy atom. The van der Waals surface area contributed by atoms with Crippen LogP contribution in [0.3, 0.4) is 0 Å². The van der Waals surface area contributed by atoms with Gasteiger partial charge >= 0.3 is 17.9 Å². The highest BCUT2D eigenvalue weighted by molar-refractivity contribution is 6.02. The van der Waals surface area contributed by atoms with Gasteiger partial charge in [0.2, 0.25) is 0 Å². The third-order valence-corrected chi connectivity index (χ3v) is 11.2. The normalized spacial score (nSPS) is 43.2. The Morgan fingerprint density at radius 2 is 1.88 bits per heavy atom. The van der Waals surface area contributed by atoms with Gasteiger partial charge in [-0.25, -0.2) is 9.59 Å². The first-order valence-electron chi connectivity index (χ1n) is 14.5. The van der Waals surface area contributed by atoms with Crippen LogP contribution in [0, 0.1) is 28.1 Å². The first-order chi connectivity index (χ1) is 20.1. The summed E-state index contributed by atoms with van der Waals surface area (Å²) in [5.41, 5.74) is -6.04. The predicted molar refractivity (Wildman–Crippen MR) is 147 cm³/mol. The van der Waals surface area contributed by atoms with Crippen LogP contribution in [0.5, 0.6) is 0 Å². The van der Waals surface area contributed by atoms with Crippen LogP contribution in [0.4, 0.5) is 0 Å². The molecule has 6 rings (SSSR count). The summed E-state index contributed by atoms with van der Waals surface area (Å²) in [6, 6.07) is 1.73. The van der Waals surface area contributed by atoms with Crippen LogP contribution in [-0.2, 0) is 38.1 Å². The molecular formula is C32H38O11. The third-order valence-electron chi connectivity index (χ3n) is 11.2. The van der Waals surface area contributed by atoms with Crippen molar-refractivity contribution in [2.45, 2.75) is 90.0 Å². The SMILES string of the molecule is CC=C(C)C(=O)O[C@H]1C(C)(C)[C@H]([C@@H](O)C(=O)OC)[C@]2(C)C(=O)[C@@]1(O)[C@H]1O[C@@]13C2=CC[C@]1(C)[C@H]3CC(=O)O[C@H]1c1ccoc1. The Bertz CT molecular complexity index is 1470. The van der Waals surface area contributed by atoms with Crippen LogP contribution in [-0.4, -0.2) is 70.5 Å². The minimum absolute atomic E-state index is 0.0607. The van der Waals surface area contributed by atoms with Crippen molar-refractivity contribution in [1.82, 2.24) is 0 Å². The second kappa shape index (κ2) is 9.12. The highest BCUT2D eigenvalue weighted by atomic mass is 16.6. The summed E-state index contributed by atoms with van der Waals surface area (Å²) in [6.07, 6.45) is 1.54. The summed E-state index contributed by atoms with van der Waals surface area (Å²) in [5.74, 6) is -4.71. The number of aliphatic hydroxyl groups excluding tert-OH is 1. The van der Waals surface area contributed by atoms with E-state index in [9.17, 15) is 29.4 Å². The second-order valence-corrected chi connectivity index (χ2v) is 13.7. The lowest BCUT2D eigenvalue weighted by Crippen LogP contribution is -2.79. The number of cyclic esters (lactones) is 1. The number of epoxide rings is 1. The summed E-state index contributed by atoms with van der Waals surface area (Å²) < 4.78 is 28.5. The summed E-state index contributed by atoms with van der Waals surface area (Å²) >= 11 is 0. The number of carbonyl (C=O) groups is 4. The van der Waals surface area contributed by atoms with Gasteiger partial charge in [-0.05, 0) is 38.8 Å². The molecule has 4 fully saturated rings. The summed E-state index contributed by atoms with van der Waals surface area (Å²) in [5, 5.41) is 24.2. The highest BCUT2D eigenvalue weighted by Crippen LogP contribution is 2.77. The number of fused-ring (bicyclic) bond motifs is 5. The minimum atomic E-state index is -2.36. The van der Waals surface area contributed by atoms with Crippen molar-refractivity contribution in [3.8, 4) is 0 Å². The fraction of sp³-hybridized carbons (Fsp3) is 0.625. The van der Waals surface area contributed by atoms with Crippen LogP contribution >= 0.6 is 0 Å². The fourth-order valence-corrected chi connectivity index (χ4v) is 9.23. The number of rotatable bonds is 5. The molecule has 3 aliphatic carbocycles. The number of allylic oxidation sites excluding steroid dienone is 2. The standard InChI is InChI=1S/C32H38O11/c1-8-15(2)23(35)42-26-28(3,4)21(20(34)24(36)39-7)30(6)17-9-11-29(5)18(32(17)27(43-32)31(26,38)25(30)37)13-19(33)41-22(29)16-10-12-40-14-16/h8-10,12,14,18,20-22,26-27,34,38H,11,13H2,1-7H3/t18-,20-,21+,22+,26+,27-,29-,30-,31+,32-/m1/s1. The molecule has 2 saturated carbocycles. The predicted octanol–water partition coefficient (Wildman–Crippen LogP) is 2.75. The maximum Gasteiger partial charge on any atom is 0.335 e. The third kappa shape index (κ3) is 3.47. The lowest BCUT2D eigenvalue weighted by atomic mass is 9.38. The van der Waals surface area contributed by atoms with Crippen LogP contribution in [0.15, 0.2) is 46.3 Å². The molecule has 1 spiro atoms. The molecule has 3 heterocycles. The second-order valence-electron chi connectivity index (χ2n) is 13.7. The van der Waals surface area contributed by atoms with Crippen molar-refractivity contribution < 1.29 is 52.8 Å². The molecule has 2 N–H and O–H groups in total. The van der Waals surface area contributed by atoms with Gasteiger partial charge in [0, 0.05) is 33.8 Å². The number of esters is 3. The van der Waals surface area contributed by atoms with Crippen molar-refractivity contribution in [3.63, 3.8) is 0 Å². The molecule has 10 atom stereocenters. The Labute approximate surface area is 249 Å². The molecule has 1 aromatic rings. The summed E-state index contributed by atoms with van der Waals surface area (Å²) in [4.78, 5) is 54.0. The van der Waals surface area contributed by atoms with E-state index >= 15 is 0 Å². The molecule has 0 radical (unpaired) electrons. The molecule has 232 valence electrons. The Hall–Kier alpha value is -3.28. The molecule has 43 heavy (non-hydrogen) atoms. The molecule has 0 amide bonds. The van der Waals surface area contributed by atoms with E-state index in [4.69, 9.17) is 23.4 Å². The summed E-state index contributed by atoms with van der Waals surface area (Å²) in [6.45, 7) is 10.1. The smallest absolute Gasteiger partial charge is 0.335 e. The molecule has 0 aromatic carbocycles. The van der Waals surface area contributed by atoms with Gasteiger partial charge in [0.1, 0.15) is 23.9 Å². The van der Waals surface area contributed by atoms with E-state index < -0.39 is 87.4 Å². The number of ether oxygens (including phenoxy) is 4. The lowest BCUT2D eigenvalue weighted by molar-refractivity contribution is -0.236. The molecule has 11 nitrogen and oxygen atoms in total. The number of hydrogen-bond donors (Lipinski definition) is 2. The van der Waals surface area contributed by atoms with Crippen LogP contribution in [0.1, 0.15) is 66.1 Å². The van der Waals surface area contributed by atoms with Gasteiger partial charge < -0.3 is 33.6 Å². The molecule has 1 aromatic heterocycles. The van der Waals surface area contributed by atoms with Gasteiger partial charge in [-0.2, -0.15) is 0 Å². The van der Waals surface area contributed by atoms with Crippen molar-refractivity contribution in [3.05, 3.63) is 47.5 Å². The van der Waals surface area contributed by atoms with E-state index in [2.05, 4.69) is 0 Å². The first-order valence-corrected chi connectivity index (χ1v) is 14.5. The molecule has 2 aliphatic heterocycles. The van der Waals surface area contributed by atoms with Crippen molar-refractivity contribution in [1.29, 1.82) is 0 Å². The minimum Gasteiger partial charge on any atom is -0.472 e. The molecule has 11 heteroatoms. The number of aliphatic hydroxyl groups is 2. The molecule has 0 unspecified atom stereocenters. The number of Topliss-reactive ketones (excluding diaryl/α,β-unsaturated/α-hetero) is 1. The zero-order valence-electron chi connectivity index (χ0n) is 25.3. The van der Waals surface area contributed by atoms with Crippen LogP contribution in [0.2, 0.25) is 0 Å². The Kier molecular flexibility index (Phi) is 6.32. The van der Waals surface area contributed by atoms with Crippen molar-refractivity contribution in [2.75, 3.05) is 7.11 Å². The van der Waals surface area contributed by atoms with Gasteiger partial charge in [-0.1, -0.05) is 32.9 Å². The van der Waals surface area contributed by atoms with Gasteiger partial charge in [0.25, 0.3) is 0 Å². The Balaban J connectivity index is 1.59. The van der Waals surface area contributed by atoms with Crippen LogP contribution in [0.25, 0.3) is 0 Å². The topological polar surface area (TPSA) is 162 Å². The molecule has 2 bridgehead atoms. The van der Waals surface area contributed by atoms with E-state index in [1.807, 2.05) is 13.0 Å².